The highest BCUT2D eigenvalue weighted by atomic mass is 32.2. The van der Waals surface area contributed by atoms with E-state index in [1.807, 2.05) is 18.2 Å². The molecule has 0 bridgehead atoms. The van der Waals surface area contributed by atoms with Gasteiger partial charge in [0, 0.05) is 31.2 Å². The summed E-state index contributed by atoms with van der Waals surface area (Å²) in [5.74, 6) is 1.04. The number of carbonyl (C=O) groups is 1. The minimum atomic E-state index is 0.188. The highest BCUT2D eigenvalue weighted by molar-refractivity contribution is 7.99. The molecule has 0 N–H and O–H groups in total. The molecule has 0 aliphatic carbocycles. The molecule has 0 radical (unpaired) electrons. The van der Waals surface area contributed by atoms with E-state index in [1.165, 1.54) is 4.90 Å². The Hall–Kier alpha value is -0.960. The lowest BCUT2D eigenvalue weighted by molar-refractivity contribution is -0.128. The van der Waals surface area contributed by atoms with Crippen molar-refractivity contribution in [1.29, 1.82) is 0 Å². The van der Waals surface area contributed by atoms with E-state index in [1.54, 1.807) is 30.8 Å². The van der Waals surface area contributed by atoms with E-state index in [9.17, 15) is 4.79 Å². The maximum atomic E-state index is 11.2. The van der Waals surface area contributed by atoms with Crippen LogP contribution in [0.5, 0.6) is 0 Å². The summed E-state index contributed by atoms with van der Waals surface area (Å²) in [6.45, 7) is 0. The van der Waals surface area contributed by atoms with Gasteiger partial charge in [0.25, 0.3) is 0 Å². The van der Waals surface area contributed by atoms with E-state index in [4.69, 9.17) is 0 Å². The van der Waals surface area contributed by atoms with Crippen molar-refractivity contribution in [3.63, 3.8) is 0 Å². The molecular weight excluding hydrogens is 194 g/mol. The number of hydrogen-bond donors (Lipinski definition) is 0. The third kappa shape index (κ3) is 3.83. The van der Waals surface area contributed by atoms with Crippen molar-refractivity contribution < 1.29 is 4.79 Å². The zero-order chi connectivity index (χ0) is 10.4. The van der Waals surface area contributed by atoms with E-state index in [0.717, 1.165) is 5.75 Å². The van der Waals surface area contributed by atoms with Gasteiger partial charge in [-0.2, -0.15) is 0 Å². The van der Waals surface area contributed by atoms with Crippen LogP contribution in [-0.4, -0.2) is 30.7 Å². The summed E-state index contributed by atoms with van der Waals surface area (Å²) < 4.78 is 0. The van der Waals surface area contributed by atoms with Crippen molar-refractivity contribution in [2.75, 3.05) is 19.8 Å². The first-order valence-electron chi connectivity index (χ1n) is 4.58. The van der Waals surface area contributed by atoms with Gasteiger partial charge in [0.05, 0.1) is 0 Å². The minimum absolute atomic E-state index is 0.188. The summed E-state index contributed by atoms with van der Waals surface area (Å²) in [6, 6.07) is 10.1. The molecule has 1 aromatic carbocycles. The first kappa shape index (κ1) is 11.1. The van der Waals surface area contributed by atoms with Gasteiger partial charge in [0.2, 0.25) is 5.91 Å². The fraction of sp³-hybridized carbons (Fsp3) is 0.364. The normalized spacial score (nSPS) is 9.86. The van der Waals surface area contributed by atoms with E-state index < -0.39 is 0 Å². The standard InChI is InChI=1S/C11H15NOS/c1-12(2)11(13)8-9-14-10-6-4-3-5-7-10/h3-7H,8-9H2,1-2H3. The van der Waals surface area contributed by atoms with Crippen molar-refractivity contribution in [2.24, 2.45) is 0 Å². The maximum absolute atomic E-state index is 11.2. The molecule has 76 valence electrons. The zero-order valence-corrected chi connectivity index (χ0v) is 9.38. The van der Waals surface area contributed by atoms with Crippen LogP contribution in [0.2, 0.25) is 0 Å². The fourth-order valence-corrected chi connectivity index (χ4v) is 1.86. The second-order valence-corrected chi connectivity index (χ2v) is 4.37. The summed E-state index contributed by atoms with van der Waals surface area (Å²) in [7, 11) is 3.57. The van der Waals surface area contributed by atoms with Crippen LogP contribution in [0, 0.1) is 0 Å². The van der Waals surface area contributed by atoms with E-state index in [-0.39, 0.29) is 5.91 Å². The van der Waals surface area contributed by atoms with Crippen molar-refractivity contribution >= 4 is 17.7 Å². The number of benzene rings is 1. The molecule has 0 saturated heterocycles. The van der Waals surface area contributed by atoms with Crippen LogP contribution in [0.25, 0.3) is 0 Å². The number of thioether (sulfide) groups is 1. The number of hydrogen-bond acceptors (Lipinski definition) is 2. The smallest absolute Gasteiger partial charge is 0.222 e. The highest BCUT2D eigenvalue weighted by Gasteiger charge is 2.03. The highest BCUT2D eigenvalue weighted by Crippen LogP contribution is 2.17. The fourth-order valence-electron chi connectivity index (χ4n) is 0.997. The van der Waals surface area contributed by atoms with Crippen LogP contribution in [0.3, 0.4) is 0 Å². The van der Waals surface area contributed by atoms with Crippen LogP contribution in [0.15, 0.2) is 35.2 Å². The van der Waals surface area contributed by atoms with Crippen molar-refractivity contribution in [1.82, 2.24) is 4.90 Å². The molecule has 0 saturated carbocycles. The molecule has 1 rings (SSSR count). The number of rotatable bonds is 4. The van der Waals surface area contributed by atoms with Gasteiger partial charge in [-0.25, -0.2) is 0 Å². The predicted molar refractivity (Wildman–Crippen MR) is 60.5 cm³/mol. The summed E-state index contributed by atoms with van der Waals surface area (Å²) in [5, 5.41) is 0. The second kappa shape index (κ2) is 5.70. The van der Waals surface area contributed by atoms with Gasteiger partial charge >= 0.3 is 0 Å². The molecule has 1 aromatic rings. The van der Waals surface area contributed by atoms with Crippen LogP contribution >= 0.6 is 11.8 Å². The first-order chi connectivity index (χ1) is 6.70. The monoisotopic (exact) mass is 209 g/mol. The molecular formula is C11H15NOS. The van der Waals surface area contributed by atoms with E-state index >= 15 is 0 Å². The average Bonchev–Trinajstić information content (AvgIpc) is 2.19. The molecule has 0 fully saturated rings. The molecule has 1 amide bonds. The Kier molecular flexibility index (Phi) is 4.53. The lowest BCUT2D eigenvalue weighted by Gasteiger charge is -2.09. The molecule has 0 aliphatic rings. The minimum Gasteiger partial charge on any atom is -0.349 e. The summed E-state index contributed by atoms with van der Waals surface area (Å²) in [5.41, 5.74) is 0. The Morgan fingerprint density at radius 2 is 1.93 bits per heavy atom. The Labute approximate surface area is 89.3 Å². The molecule has 14 heavy (non-hydrogen) atoms. The van der Waals surface area contributed by atoms with Gasteiger partial charge in [-0.3, -0.25) is 4.79 Å². The summed E-state index contributed by atoms with van der Waals surface area (Å²) in [6.07, 6.45) is 0.604. The van der Waals surface area contributed by atoms with Crippen LogP contribution < -0.4 is 0 Å². The van der Waals surface area contributed by atoms with E-state index in [2.05, 4.69) is 12.1 Å². The van der Waals surface area contributed by atoms with Crippen LogP contribution in [-0.2, 0) is 4.79 Å². The van der Waals surface area contributed by atoms with Crippen molar-refractivity contribution in [2.45, 2.75) is 11.3 Å². The first-order valence-corrected chi connectivity index (χ1v) is 5.56. The average molecular weight is 209 g/mol. The Morgan fingerprint density at radius 3 is 2.50 bits per heavy atom. The van der Waals surface area contributed by atoms with Gasteiger partial charge < -0.3 is 4.90 Å². The quantitative estimate of drug-likeness (QED) is 0.709. The summed E-state index contributed by atoms with van der Waals surface area (Å²) in [4.78, 5) is 14.1. The van der Waals surface area contributed by atoms with Crippen molar-refractivity contribution in [3.05, 3.63) is 30.3 Å². The van der Waals surface area contributed by atoms with Crippen molar-refractivity contribution in [3.8, 4) is 0 Å². The number of nitrogens with zero attached hydrogens (tertiary/aromatic N) is 1. The number of carbonyl (C=O) groups excluding carboxylic acids is 1. The lowest BCUT2D eigenvalue weighted by atomic mass is 10.4. The second-order valence-electron chi connectivity index (χ2n) is 3.20. The van der Waals surface area contributed by atoms with Gasteiger partial charge in [-0.15, -0.1) is 11.8 Å². The third-order valence-electron chi connectivity index (χ3n) is 1.83. The molecule has 0 heterocycles. The zero-order valence-electron chi connectivity index (χ0n) is 8.56. The molecule has 0 unspecified atom stereocenters. The molecule has 0 atom stereocenters. The Balaban J connectivity index is 2.26. The topological polar surface area (TPSA) is 20.3 Å². The number of amides is 1. The predicted octanol–water partition coefficient (Wildman–Crippen LogP) is 2.26. The SMILES string of the molecule is CN(C)C(=O)CCSc1ccccc1. The molecule has 3 heteroatoms. The van der Waals surface area contributed by atoms with Gasteiger partial charge in [-0.05, 0) is 12.1 Å². The molecule has 0 aliphatic heterocycles. The van der Waals surface area contributed by atoms with Crippen LogP contribution in [0.4, 0.5) is 0 Å². The van der Waals surface area contributed by atoms with Gasteiger partial charge in [0.15, 0.2) is 0 Å². The Bertz CT molecular complexity index is 285. The van der Waals surface area contributed by atoms with Crippen LogP contribution in [0.1, 0.15) is 6.42 Å². The van der Waals surface area contributed by atoms with Gasteiger partial charge in [0.1, 0.15) is 0 Å². The molecule has 2 nitrogen and oxygen atoms in total. The molecule has 0 spiro atoms. The van der Waals surface area contributed by atoms with E-state index in [0.29, 0.717) is 6.42 Å². The maximum Gasteiger partial charge on any atom is 0.222 e. The molecule has 0 aromatic heterocycles. The lowest BCUT2D eigenvalue weighted by Crippen LogP contribution is -2.21. The largest absolute Gasteiger partial charge is 0.349 e. The van der Waals surface area contributed by atoms with Gasteiger partial charge in [-0.1, -0.05) is 18.2 Å². The third-order valence-corrected chi connectivity index (χ3v) is 2.84. The summed E-state index contributed by atoms with van der Waals surface area (Å²) >= 11 is 1.72. The Morgan fingerprint density at radius 1 is 1.29 bits per heavy atom.